The number of rotatable bonds is 5. The summed E-state index contributed by atoms with van der Waals surface area (Å²) in [6.07, 6.45) is -0.740. The number of benzene rings is 3. The van der Waals surface area contributed by atoms with E-state index in [-0.39, 0.29) is 11.8 Å². The van der Waals surface area contributed by atoms with Gasteiger partial charge in [0.15, 0.2) is 0 Å². The van der Waals surface area contributed by atoms with Crippen LogP contribution in [0.3, 0.4) is 0 Å². The molecule has 0 radical (unpaired) electrons. The minimum Gasteiger partial charge on any atom is -0.387 e. The normalized spacial score (nSPS) is 13.6. The summed E-state index contributed by atoms with van der Waals surface area (Å²) < 4.78 is 0. The van der Waals surface area contributed by atoms with Gasteiger partial charge in [0.2, 0.25) is 5.91 Å². The van der Waals surface area contributed by atoms with Crippen LogP contribution in [0.2, 0.25) is 0 Å². The van der Waals surface area contributed by atoms with Crippen LogP contribution in [-0.2, 0) is 4.79 Å². The molecule has 0 fully saturated rings. The molecule has 0 bridgehead atoms. The largest absolute Gasteiger partial charge is 0.387 e. The van der Waals surface area contributed by atoms with Gasteiger partial charge in [0, 0.05) is 17.0 Å². The van der Waals surface area contributed by atoms with Crippen molar-refractivity contribution in [2.75, 3.05) is 5.32 Å². The molecule has 28 heavy (non-hydrogen) atoms. The van der Waals surface area contributed by atoms with Gasteiger partial charge in [-0.25, -0.2) is 0 Å². The molecule has 0 aliphatic rings. The Kier molecular flexibility index (Phi) is 5.96. The van der Waals surface area contributed by atoms with Gasteiger partial charge in [0.1, 0.15) is 0 Å². The number of carbonyl (C=O) groups is 1. The van der Waals surface area contributed by atoms with Crippen LogP contribution in [0.4, 0.5) is 5.69 Å². The highest BCUT2D eigenvalue weighted by atomic mass is 16.3. The van der Waals surface area contributed by atoms with Gasteiger partial charge < -0.3 is 10.4 Å². The molecular weight excluding hydrogens is 346 g/mol. The number of hydrogen-bond acceptors (Lipinski definition) is 2. The SMILES string of the molecule is CC(C)(C)C(=O)Nc1ccccc1[C@@H](c1ccccc1)[C@H](O)c1ccccc1. The minimum absolute atomic E-state index is 0.0547. The van der Waals surface area contributed by atoms with Crippen molar-refractivity contribution in [1.29, 1.82) is 0 Å². The lowest BCUT2D eigenvalue weighted by Gasteiger charge is -2.27. The molecule has 1 amide bonds. The first kappa shape index (κ1) is 19.8. The van der Waals surface area contributed by atoms with Gasteiger partial charge in [0.25, 0.3) is 0 Å². The number of carbonyl (C=O) groups excluding carboxylic acids is 1. The zero-order chi connectivity index (χ0) is 20.1. The van der Waals surface area contributed by atoms with Gasteiger partial charge in [0.05, 0.1) is 6.10 Å². The number of aliphatic hydroxyl groups excluding tert-OH is 1. The molecule has 3 rings (SSSR count). The summed E-state index contributed by atoms with van der Waals surface area (Å²) in [5.74, 6) is -0.360. The Balaban J connectivity index is 2.08. The zero-order valence-electron chi connectivity index (χ0n) is 16.6. The monoisotopic (exact) mass is 373 g/mol. The topological polar surface area (TPSA) is 49.3 Å². The summed E-state index contributed by atoms with van der Waals surface area (Å²) in [6.45, 7) is 5.66. The third kappa shape index (κ3) is 4.49. The first-order chi connectivity index (χ1) is 13.4. The predicted octanol–water partition coefficient (Wildman–Crippen LogP) is 5.54. The van der Waals surface area contributed by atoms with Crippen molar-refractivity contribution in [3.63, 3.8) is 0 Å². The highest BCUT2D eigenvalue weighted by Crippen LogP contribution is 2.40. The van der Waals surface area contributed by atoms with E-state index in [2.05, 4.69) is 5.32 Å². The van der Waals surface area contributed by atoms with Crippen LogP contribution < -0.4 is 5.32 Å². The Morgan fingerprint density at radius 2 is 1.29 bits per heavy atom. The van der Waals surface area contributed by atoms with E-state index in [1.807, 2.05) is 106 Å². The maximum absolute atomic E-state index is 12.6. The Hall–Kier alpha value is -2.91. The second-order valence-corrected chi connectivity index (χ2v) is 8.04. The summed E-state index contributed by atoms with van der Waals surface area (Å²) in [4.78, 5) is 12.6. The van der Waals surface area contributed by atoms with Gasteiger partial charge in [-0.3, -0.25) is 4.79 Å². The number of anilines is 1. The fourth-order valence-electron chi connectivity index (χ4n) is 3.23. The standard InChI is InChI=1S/C25H27NO2/c1-25(2,3)24(28)26-21-17-11-10-16-20(21)22(18-12-6-4-7-13-18)23(27)19-14-8-5-9-15-19/h4-17,22-23,27H,1-3H3,(H,26,28)/t22-,23-/m1/s1. The Morgan fingerprint density at radius 1 is 0.786 bits per heavy atom. The first-order valence-electron chi connectivity index (χ1n) is 9.56. The Morgan fingerprint density at radius 3 is 1.86 bits per heavy atom. The molecular formula is C25H27NO2. The number of hydrogen-bond donors (Lipinski definition) is 2. The molecule has 0 unspecified atom stereocenters. The fraction of sp³-hybridized carbons (Fsp3) is 0.240. The van der Waals surface area contributed by atoms with E-state index in [1.54, 1.807) is 0 Å². The van der Waals surface area contributed by atoms with Crippen LogP contribution in [0.25, 0.3) is 0 Å². The molecule has 0 saturated carbocycles. The van der Waals surface area contributed by atoms with E-state index in [0.717, 1.165) is 22.4 Å². The highest BCUT2D eigenvalue weighted by molar-refractivity contribution is 5.95. The van der Waals surface area contributed by atoms with E-state index in [0.29, 0.717) is 0 Å². The van der Waals surface area contributed by atoms with E-state index in [9.17, 15) is 9.90 Å². The molecule has 0 aliphatic carbocycles. The van der Waals surface area contributed by atoms with Crippen LogP contribution in [0.1, 0.15) is 49.5 Å². The van der Waals surface area contributed by atoms with Crippen molar-refractivity contribution in [3.05, 3.63) is 102 Å². The summed E-state index contributed by atoms with van der Waals surface area (Å²) in [7, 11) is 0. The number of aliphatic hydroxyl groups is 1. The molecule has 0 spiro atoms. The lowest BCUT2D eigenvalue weighted by atomic mass is 9.82. The molecule has 3 aromatic carbocycles. The van der Waals surface area contributed by atoms with Crippen molar-refractivity contribution in [3.8, 4) is 0 Å². The zero-order valence-corrected chi connectivity index (χ0v) is 16.6. The maximum atomic E-state index is 12.6. The van der Waals surface area contributed by atoms with Crippen LogP contribution in [0.5, 0.6) is 0 Å². The minimum atomic E-state index is -0.740. The molecule has 2 atom stereocenters. The molecule has 3 heteroatoms. The fourth-order valence-corrected chi connectivity index (χ4v) is 3.23. The first-order valence-corrected chi connectivity index (χ1v) is 9.56. The van der Waals surface area contributed by atoms with Crippen molar-refractivity contribution in [2.24, 2.45) is 5.41 Å². The van der Waals surface area contributed by atoms with E-state index < -0.39 is 11.5 Å². The molecule has 3 aromatic rings. The lowest BCUT2D eigenvalue weighted by Crippen LogP contribution is -2.28. The molecule has 0 aromatic heterocycles. The summed E-state index contributed by atoms with van der Waals surface area (Å²) >= 11 is 0. The van der Waals surface area contributed by atoms with Crippen LogP contribution in [-0.4, -0.2) is 11.0 Å². The summed E-state index contributed by atoms with van der Waals surface area (Å²) in [6, 6.07) is 27.3. The van der Waals surface area contributed by atoms with E-state index in [4.69, 9.17) is 0 Å². The number of amides is 1. The third-order valence-corrected chi connectivity index (χ3v) is 4.84. The number of nitrogens with one attached hydrogen (secondary N) is 1. The number of para-hydroxylation sites is 1. The van der Waals surface area contributed by atoms with Gasteiger partial charge in [-0.15, -0.1) is 0 Å². The van der Waals surface area contributed by atoms with Crippen LogP contribution in [0.15, 0.2) is 84.9 Å². The Labute approximate surface area is 167 Å². The summed E-state index contributed by atoms with van der Waals surface area (Å²) in [5.41, 5.74) is 2.95. The van der Waals surface area contributed by atoms with E-state index in [1.165, 1.54) is 0 Å². The second-order valence-electron chi connectivity index (χ2n) is 8.04. The van der Waals surface area contributed by atoms with Crippen LogP contribution in [0, 0.1) is 5.41 Å². The van der Waals surface area contributed by atoms with Crippen LogP contribution >= 0.6 is 0 Å². The quantitative estimate of drug-likeness (QED) is 0.617. The molecule has 3 nitrogen and oxygen atoms in total. The lowest BCUT2D eigenvalue weighted by molar-refractivity contribution is -0.123. The van der Waals surface area contributed by atoms with E-state index >= 15 is 0 Å². The highest BCUT2D eigenvalue weighted by Gasteiger charge is 2.28. The van der Waals surface area contributed by atoms with Crippen molar-refractivity contribution < 1.29 is 9.90 Å². The maximum Gasteiger partial charge on any atom is 0.229 e. The average molecular weight is 373 g/mol. The predicted molar refractivity (Wildman–Crippen MR) is 114 cm³/mol. The molecule has 2 N–H and O–H groups in total. The van der Waals surface area contributed by atoms with Gasteiger partial charge in [-0.1, -0.05) is 99.6 Å². The third-order valence-electron chi connectivity index (χ3n) is 4.84. The summed E-state index contributed by atoms with van der Waals surface area (Å²) in [5, 5.41) is 14.3. The van der Waals surface area contributed by atoms with Crippen molar-refractivity contribution in [1.82, 2.24) is 0 Å². The second kappa shape index (κ2) is 8.41. The average Bonchev–Trinajstić information content (AvgIpc) is 2.70. The molecule has 0 aliphatic heterocycles. The molecule has 0 heterocycles. The molecule has 0 saturated heterocycles. The van der Waals surface area contributed by atoms with Gasteiger partial charge in [-0.05, 0) is 22.8 Å². The Bertz CT molecular complexity index is 914. The molecule has 144 valence electrons. The van der Waals surface area contributed by atoms with Crippen molar-refractivity contribution in [2.45, 2.75) is 32.8 Å². The van der Waals surface area contributed by atoms with Crippen molar-refractivity contribution >= 4 is 11.6 Å². The smallest absolute Gasteiger partial charge is 0.229 e. The van der Waals surface area contributed by atoms with Gasteiger partial charge in [-0.2, -0.15) is 0 Å². The van der Waals surface area contributed by atoms with Gasteiger partial charge >= 0.3 is 0 Å².